The molecule has 2 fully saturated rings. The van der Waals surface area contributed by atoms with Crippen molar-refractivity contribution in [2.75, 3.05) is 79.0 Å². The summed E-state index contributed by atoms with van der Waals surface area (Å²) in [6, 6.07) is 20.8. The third-order valence-electron chi connectivity index (χ3n) is 13.5. The average Bonchev–Trinajstić information content (AvgIpc) is 3.66. The van der Waals surface area contributed by atoms with Crippen LogP contribution in [0.2, 0.25) is 5.02 Å². The van der Waals surface area contributed by atoms with E-state index in [9.17, 15) is 31.7 Å². The number of fused-ring (bicyclic) bond motifs is 2. The maximum atomic E-state index is 14.4. The van der Waals surface area contributed by atoms with E-state index in [4.69, 9.17) is 21.3 Å². The third kappa shape index (κ3) is 10.4. The van der Waals surface area contributed by atoms with Crippen LogP contribution in [-0.2, 0) is 19.9 Å². The van der Waals surface area contributed by atoms with Gasteiger partial charge in [-0.1, -0.05) is 43.2 Å². The van der Waals surface area contributed by atoms with E-state index in [0.717, 1.165) is 74.1 Å². The number of rotatable bonds is 12. The minimum Gasteiger partial charge on any atom is -0.476 e. The van der Waals surface area contributed by atoms with Crippen molar-refractivity contribution in [3.63, 3.8) is 0 Å². The molecule has 0 saturated carbocycles. The van der Waals surface area contributed by atoms with Gasteiger partial charge in [-0.2, -0.15) is 4.98 Å². The fourth-order valence-electron chi connectivity index (χ4n) is 9.66. The van der Waals surface area contributed by atoms with Crippen LogP contribution in [0.25, 0.3) is 16.6 Å². The van der Waals surface area contributed by atoms with Gasteiger partial charge in [-0.15, -0.1) is 0 Å². The van der Waals surface area contributed by atoms with E-state index < -0.39 is 41.3 Å². The first-order valence-corrected chi connectivity index (χ1v) is 26.5. The van der Waals surface area contributed by atoms with Gasteiger partial charge in [0.05, 0.1) is 39.2 Å². The van der Waals surface area contributed by atoms with Crippen LogP contribution >= 0.6 is 11.6 Å². The minimum atomic E-state index is -4.63. The molecule has 354 valence electrons. The summed E-state index contributed by atoms with van der Waals surface area (Å²) in [5.41, 5.74) is 6.58. The molecule has 3 aliphatic heterocycles. The van der Waals surface area contributed by atoms with Gasteiger partial charge in [-0.05, 0) is 116 Å². The summed E-state index contributed by atoms with van der Waals surface area (Å²) >= 11 is 6.27. The Bertz CT molecular complexity index is 2950. The number of sulfonamides is 1. The summed E-state index contributed by atoms with van der Waals surface area (Å²) in [6.07, 6.45) is 6.39. The predicted octanol–water partition coefficient (Wildman–Crippen LogP) is 8.19. The highest BCUT2D eigenvalue weighted by Crippen LogP contribution is 2.44. The Morgan fingerprint density at radius 3 is 2.49 bits per heavy atom. The molecule has 5 aromatic rings. The van der Waals surface area contributed by atoms with E-state index in [-0.39, 0.29) is 40.6 Å². The maximum Gasteiger partial charge on any atom is 0.293 e. The number of allylic oxidation sites excluding steroid dienone is 1. The molecular weight excluding hydrogens is 916 g/mol. The molecular formula is C48H55ClN8O8S2. The van der Waals surface area contributed by atoms with Gasteiger partial charge in [0, 0.05) is 74.2 Å². The molecule has 1 aliphatic carbocycles. The van der Waals surface area contributed by atoms with Gasteiger partial charge in [-0.3, -0.25) is 19.8 Å². The van der Waals surface area contributed by atoms with Gasteiger partial charge < -0.3 is 24.8 Å². The van der Waals surface area contributed by atoms with Crippen LogP contribution in [0.3, 0.4) is 0 Å². The Balaban J connectivity index is 0.977. The van der Waals surface area contributed by atoms with Crippen LogP contribution in [0.1, 0.15) is 68.3 Å². The summed E-state index contributed by atoms with van der Waals surface area (Å²) in [7, 11) is -7.71. The van der Waals surface area contributed by atoms with Crippen molar-refractivity contribution < 1.29 is 31.3 Å². The van der Waals surface area contributed by atoms with Crippen LogP contribution in [0.5, 0.6) is 5.88 Å². The van der Waals surface area contributed by atoms with Gasteiger partial charge in [0.15, 0.2) is 0 Å². The summed E-state index contributed by atoms with van der Waals surface area (Å²) in [4.78, 5) is 40.1. The zero-order valence-corrected chi connectivity index (χ0v) is 40.0. The SMILES string of the molecule is CC1(C)CCC(CN2CCN(c3ccc(C(=O)NS(=O)(=O)c4ccc(NCC5CCS(=O)(=O)CC5)c([N+](=O)[O-])c4)c(N4CCCOc5nc6[nH]ccc6cc54)c3)CC2)=C(c2ccc(Cl)cc2)C1. The summed E-state index contributed by atoms with van der Waals surface area (Å²) in [5.74, 6) is -0.451. The maximum absolute atomic E-state index is 14.4. The summed E-state index contributed by atoms with van der Waals surface area (Å²) in [6.45, 7) is 9.73. The number of benzene rings is 3. The first-order valence-electron chi connectivity index (χ1n) is 22.8. The molecule has 5 heterocycles. The summed E-state index contributed by atoms with van der Waals surface area (Å²) < 4.78 is 60.0. The van der Waals surface area contributed by atoms with E-state index in [1.165, 1.54) is 28.8 Å². The monoisotopic (exact) mass is 970 g/mol. The number of H-pyrrole nitrogens is 1. The molecule has 0 spiro atoms. The van der Waals surface area contributed by atoms with Gasteiger partial charge >= 0.3 is 0 Å². The van der Waals surface area contributed by atoms with Crippen molar-refractivity contribution >= 4 is 82.4 Å². The Labute approximate surface area is 395 Å². The van der Waals surface area contributed by atoms with E-state index in [1.807, 2.05) is 41.3 Å². The van der Waals surface area contributed by atoms with Crippen molar-refractivity contribution in [2.24, 2.45) is 11.3 Å². The number of ether oxygens (including phenoxy) is 1. The first kappa shape index (κ1) is 46.4. The second-order valence-corrected chi connectivity index (χ2v) is 23.2. The van der Waals surface area contributed by atoms with Crippen molar-refractivity contribution in [2.45, 2.75) is 57.3 Å². The quantitative estimate of drug-likeness (QED) is 0.0799. The molecule has 9 rings (SSSR count). The van der Waals surface area contributed by atoms with Crippen LogP contribution in [0.15, 0.2) is 89.5 Å². The molecule has 0 bridgehead atoms. The standard InChI is InChI=1S/C48H55ClN8O8S2/c1-48(2)16-12-35(40(29-48)33-4-6-36(49)7-5-33)31-54-19-21-55(22-20-54)37-8-10-39(42(27-37)56-18-3-23-65-47-44(56)26-34-13-17-50-45(34)52-47)46(58)53-67(63,64)38-9-11-41(43(28-38)57(59)60)51-30-32-14-24-66(61,62)25-15-32/h4-11,13,17,26-28,32,51H,3,12,14-16,18-25,29-31H2,1-2H3,(H,50,52)(H,53,58). The number of nitro benzene ring substituents is 1. The number of aromatic amines is 1. The number of amides is 1. The average molecular weight is 972 g/mol. The third-order valence-corrected chi connectivity index (χ3v) is 16.8. The highest BCUT2D eigenvalue weighted by Gasteiger charge is 2.32. The Morgan fingerprint density at radius 2 is 1.75 bits per heavy atom. The van der Waals surface area contributed by atoms with Crippen LogP contribution in [0, 0.1) is 21.4 Å². The number of hydrogen-bond acceptors (Lipinski definition) is 13. The molecule has 2 aromatic heterocycles. The Kier molecular flexibility index (Phi) is 13.0. The van der Waals surface area contributed by atoms with Crippen LogP contribution in [-0.4, -0.2) is 106 Å². The van der Waals surface area contributed by atoms with Crippen molar-refractivity contribution in [3.8, 4) is 5.88 Å². The second-order valence-electron chi connectivity index (χ2n) is 18.8. The number of halogens is 1. The predicted molar refractivity (Wildman–Crippen MR) is 262 cm³/mol. The lowest BCUT2D eigenvalue weighted by Gasteiger charge is -2.39. The van der Waals surface area contributed by atoms with E-state index in [2.05, 4.69) is 50.8 Å². The second kappa shape index (κ2) is 18.8. The molecule has 0 radical (unpaired) electrons. The number of pyridine rings is 1. The number of nitro groups is 1. The van der Waals surface area contributed by atoms with E-state index >= 15 is 0 Å². The minimum absolute atomic E-state index is 0.0180. The fraction of sp³-hybridized carbons (Fsp3) is 0.417. The van der Waals surface area contributed by atoms with Crippen LogP contribution < -0.4 is 24.6 Å². The van der Waals surface area contributed by atoms with Gasteiger partial charge in [0.1, 0.15) is 26.9 Å². The van der Waals surface area contributed by atoms with Gasteiger partial charge in [-0.25, -0.2) is 21.6 Å². The molecule has 0 unspecified atom stereocenters. The number of sulfone groups is 1. The number of anilines is 4. The highest BCUT2D eigenvalue weighted by atomic mass is 35.5. The zero-order chi connectivity index (χ0) is 47.1. The number of hydrogen-bond donors (Lipinski definition) is 3. The highest BCUT2D eigenvalue weighted by molar-refractivity contribution is 7.91. The van der Waals surface area contributed by atoms with Gasteiger partial charge in [0.2, 0.25) is 5.88 Å². The fourth-order valence-corrected chi connectivity index (χ4v) is 12.4. The lowest BCUT2D eigenvalue weighted by Crippen LogP contribution is -2.47. The van der Waals surface area contributed by atoms with Crippen LogP contribution in [0.4, 0.5) is 28.4 Å². The molecule has 2 saturated heterocycles. The molecule has 4 aliphatic rings. The number of aromatic nitrogens is 2. The molecule has 19 heteroatoms. The topological polar surface area (TPSA) is 200 Å². The molecule has 0 atom stereocenters. The molecule has 1 amide bonds. The molecule has 16 nitrogen and oxygen atoms in total. The number of carbonyl (C=O) groups is 1. The first-order chi connectivity index (χ1) is 32.0. The Hall–Kier alpha value is -5.69. The number of nitrogens with zero attached hydrogens (tertiary/aromatic N) is 5. The number of carbonyl (C=O) groups excluding carboxylic acids is 1. The van der Waals surface area contributed by atoms with E-state index in [1.54, 1.807) is 12.3 Å². The number of nitrogens with one attached hydrogen (secondary N) is 3. The lowest BCUT2D eigenvalue weighted by atomic mass is 9.72. The summed E-state index contributed by atoms with van der Waals surface area (Å²) in [5, 5.41) is 16.8. The smallest absolute Gasteiger partial charge is 0.293 e. The molecule has 3 aromatic carbocycles. The lowest BCUT2D eigenvalue weighted by molar-refractivity contribution is -0.384. The Morgan fingerprint density at radius 1 is 0.985 bits per heavy atom. The molecule has 67 heavy (non-hydrogen) atoms. The molecule has 3 N–H and O–H groups in total. The number of piperazine rings is 1. The largest absolute Gasteiger partial charge is 0.476 e. The van der Waals surface area contributed by atoms with Gasteiger partial charge in [0.25, 0.3) is 21.6 Å². The normalized spacial score (nSPS) is 19.1. The van der Waals surface area contributed by atoms with E-state index in [0.29, 0.717) is 55.3 Å². The van der Waals surface area contributed by atoms with Crippen molar-refractivity contribution in [1.29, 1.82) is 0 Å². The van der Waals surface area contributed by atoms with Crippen molar-refractivity contribution in [1.82, 2.24) is 19.6 Å². The zero-order valence-electron chi connectivity index (χ0n) is 37.6. The van der Waals surface area contributed by atoms with Crippen molar-refractivity contribution in [3.05, 3.63) is 111 Å².